The summed E-state index contributed by atoms with van der Waals surface area (Å²) < 4.78 is 12.3. The minimum absolute atomic E-state index is 0.109. The Morgan fingerprint density at radius 3 is 2.59 bits per heavy atom. The highest BCUT2D eigenvalue weighted by atomic mass is 79.9. The van der Waals surface area contributed by atoms with Crippen molar-refractivity contribution < 1.29 is 19.1 Å². The molecule has 0 bridgehead atoms. The Morgan fingerprint density at radius 2 is 1.91 bits per heavy atom. The zero-order valence-electron chi connectivity index (χ0n) is 17.0. The van der Waals surface area contributed by atoms with Crippen LogP contribution in [0.2, 0.25) is 5.02 Å². The highest BCUT2D eigenvalue weighted by Crippen LogP contribution is 2.18. The number of rotatable bonds is 8. The lowest BCUT2D eigenvalue weighted by atomic mass is 10.2. The molecular formula is C22H19BrClN3O5. The number of ether oxygens (including phenoxy) is 2. The van der Waals surface area contributed by atoms with E-state index in [1.54, 1.807) is 55.5 Å². The van der Waals surface area contributed by atoms with Crippen LogP contribution in [-0.4, -0.2) is 34.9 Å². The van der Waals surface area contributed by atoms with Crippen molar-refractivity contribution >= 4 is 39.4 Å². The fourth-order valence-corrected chi connectivity index (χ4v) is 3.19. The second-order valence-electron chi connectivity index (χ2n) is 6.50. The summed E-state index contributed by atoms with van der Waals surface area (Å²) in [6.07, 6.45) is 0. The lowest BCUT2D eigenvalue weighted by molar-refractivity contribution is -0.123. The minimum atomic E-state index is -0.771. The van der Waals surface area contributed by atoms with E-state index in [-0.39, 0.29) is 24.6 Å². The zero-order valence-corrected chi connectivity index (χ0v) is 19.4. The standard InChI is InChI=1S/C22H19BrClN3O5/c1-2-31-22(30)21-18(11-20(29)27(26-21)17-5-3-4-15(23)10-17)32-13-19(28)25-12-14-6-8-16(24)9-7-14/h3-11H,2,12-13H2,1H3,(H,25,28). The fourth-order valence-electron chi connectivity index (χ4n) is 2.68. The van der Waals surface area contributed by atoms with Crippen molar-refractivity contribution in [3.63, 3.8) is 0 Å². The van der Waals surface area contributed by atoms with Gasteiger partial charge >= 0.3 is 5.97 Å². The molecule has 0 saturated heterocycles. The molecule has 0 saturated carbocycles. The van der Waals surface area contributed by atoms with Gasteiger partial charge in [-0.1, -0.05) is 45.7 Å². The maximum atomic E-state index is 12.6. The van der Waals surface area contributed by atoms with E-state index >= 15 is 0 Å². The number of hydrogen-bond donors (Lipinski definition) is 1. The van der Waals surface area contributed by atoms with Crippen LogP contribution in [0.3, 0.4) is 0 Å². The number of benzene rings is 2. The predicted molar refractivity (Wildman–Crippen MR) is 122 cm³/mol. The number of aromatic nitrogens is 2. The van der Waals surface area contributed by atoms with Crippen molar-refractivity contribution in [2.75, 3.05) is 13.2 Å². The lowest BCUT2D eigenvalue weighted by Crippen LogP contribution is -2.30. The van der Waals surface area contributed by atoms with Crippen LogP contribution in [0.5, 0.6) is 5.75 Å². The van der Waals surface area contributed by atoms with Crippen molar-refractivity contribution in [2.45, 2.75) is 13.5 Å². The first-order valence-corrected chi connectivity index (χ1v) is 10.8. The van der Waals surface area contributed by atoms with Gasteiger partial charge in [0.15, 0.2) is 12.4 Å². The largest absolute Gasteiger partial charge is 0.481 e. The van der Waals surface area contributed by atoms with Crippen molar-refractivity contribution in [3.05, 3.63) is 85.7 Å². The quantitative estimate of drug-likeness (QED) is 0.456. The minimum Gasteiger partial charge on any atom is -0.481 e. The van der Waals surface area contributed by atoms with E-state index in [4.69, 9.17) is 21.1 Å². The molecule has 10 heteroatoms. The number of carbonyl (C=O) groups is 2. The second-order valence-corrected chi connectivity index (χ2v) is 7.85. The van der Waals surface area contributed by atoms with Crippen LogP contribution in [0.1, 0.15) is 23.0 Å². The van der Waals surface area contributed by atoms with Gasteiger partial charge in [0, 0.05) is 16.0 Å². The van der Waals surface area contributed by atoms with E-state index in [0.717, 1.165) is 20.8 Å². The maximum absolute atomic E-state index is 12.6. The normalized spacial score (nSPS) is 10.5. The average molecular weight is 521 g/mol. The third-order valence-corrected chi connectivity index (χ3v) is 4.93. The molecule has 1 N–H and O–H groups in total. The summed E-state index contributed by atoms with van der Waals surface area (Å²) >= 11 is 9.18. The topological polar surface area (TPSA) is 99.5 Å². The van der Waals surface area contributed by atoms with Gasteiger partial charge in [0.2, 0.25) is 5.69 Å². The first-order valence-electron chi connectivity index (χ1n) is 9.58. The molecule has 3 rings (SSSR count). The molecule has 1 heterocycles. The molecule has 2 aromatic carbocycles. The molecule has 0 aliphatic heterocycles. The highest BCUT2D eigenvalue weighted by molar-refractivity contribution is 9.10. The average Bonchev–Trinajstić information content (AvgIpc) is 2.77. The summed E-state index contributed by atoms with van der Waals surface area (Å²) in [6.45, 7) is 1.61. The lowest BCUT2D eigenvalue weighted by Gasteiger charge is -2.13. The van der Waals surface area contributed by atoms with Crippen LogP contribution in [0.4, 0.5) is 0 Å². The van der Waals surface area contributed by atoms with Crippen molar-refractivity contribution in [1.82, 2.24) is 15.1 Å². The van der Waals surface area contributed by atoms with Gasteiger partial charge < -0.3 is 14.8 Å². The number of nitrogens with zero attached hydrogens (tertiary/aromatic N) is 2. The highest BCUT2D eigenvalue weighted by Gasteiger charge is 2.20. The number of esters is 1. The summed E-state index contributed by atoms with van der Waals surface area (Å²) in [5.41, 5.74) is 0.556. The molecule has 0 spiro atoms. The molecule has 8 nitrogen and oxygen atoms in total. The Morgan fingerprint density at radius 1 is 1.16 bits per heavy atom. The molecule has 0 fully saturated rings. The van der Waals surface area contributed by atoms with Crippen LogP contribution in [-0.2, 0) is 16.1 Å². The van der Waals surface area contributed by atoms with Crippen LogP contribution in [0.15, 0.2) is 63.9 Å². The molecule has 166 valence electrons. The van der Waals surface area contributed by atoms with Gasteiger partial charge in [-0.2, -0.15) is 9.78 Å². The Hall–Kier alpha value is -3.17. The van der Waals surface area contributed by atoms with Crippen molar-refractivity contribution in [1.29, 1.82) is 0 Å². The monoisotopic (exact) mass is 519 g/mol. The van der Waals surface area contributed by atoms with Gasteiger partial charge in [0.05, 0.1) is 18.4 Å². The number of halogens is 2. The number of nitrogens with one attached hydrogen (secondary N) is 1. The van der Waals surface area contributed by atoms with Crippen LogP contribution in [0, 0.1) is 0 Å². The van der Waals surface area contributed by atoms with E-state index in [9.17, 15) is 14.4 Å². The Bertz CT molecular complexity index is 1180. The molecular weight excluding hydrogens is 502 g/mol. The van der Waals surface area contributed by atoms with Gasteiger partial charge in [-0.3, -0.25) is 9.59 Å². The van der Waals surface area contributed by atoms with Gasteiger partial charge in [0.25, 0.3) is 11.5 Å². The zero-order chi connectivity index (χ0) is 23.1. The van der Waals surface area contributed by atoms with Crippen molar-refractivity contribution in [3.8, 4) is 11.4 Å². The van der Waals surface area contributed by atoms with Crippen LogP contribution >= 0.6 is 27.5 Å². The molecule has 0 radical (unpaired) electrons. The molecule has 1 aromatic heterocycles. The molecule has 32 heavy (non-hydrogen) atoms. The van der Waals surface area contributed by atoms with E-state index in [2.05, 4.69) is 26.3 Å². The van der Waals surface area contributed by atoms with Crippen molar-refractivity contribution in [2.24, 2.45) is 0 Å². The smallest absolute Gasteiger partial charge is 0.362 e. The third kappa shape index (κ3) is 6.18. The van der Waals surface area contributed by atoms with E-state index in [1.165, 1.54) is 0 Å². The number of carbonyl (C=O) groups excluding carboxylic acids is 2. The van der Waals surface area contributed by atoms with Crippen LogP contribution in [0.25, 0.3) is 5.69 Å². The van der Waals surface area contributed by atoms with Gasteiger partial charge in [0.1, 0.15) is 0 Å². The van der Waals surface area contributed by atoms with Gasteiger partial charge in [-0.05, 0) is 42.8 Å². The molecule has 0 aliphatic carbocycles. The first kappa shape index (κ1) is 23.5. The maximum Gasteiger partial charge on any atom is 0.362 e. The molecule has 1 amide bonds. The van der Waals surface area contributed by atoms with Crippen LogP contribution < -0.4 is 15.6 Å². The molecule has 0 aliphatic rings. The summed E-state index contributed by atoms with van der Waals surface area (Å²) in [5.74, 6) is -1.35. The third-order valence-electron chi connectivity index (χ3n) is 4.18. The number of amides is 1. The Labute approximate surface area is 197 Å². The van der Waals surface area contributed by atoms with Gasteiger partial charge in [-0.15, -0.1) is 0 Å². The summed E-state index contributed by atoms with van der Waals surface area (Å²) in [4.78, 5) is 37.2. The summed E-state index contributed by atoms with van der Waals surface area (Å²) in [6, 6.07) is 15.0. The van der Waals surface area contributed by atoms with E-state index in [0.29, 0.717) is 10.7 Å². The summed E-state index contributed by atoms with van der Waals surface area (Å²) in [7, 11) is 0. The second kappa shape index (κ2) is 10.9. The fraction of sp³-hybridized carbons (Fsp3) is 0.182. The Balaban J connectivity index is 1.77. The van der Waals surface area contributed by atoms with E-state index in [1.807, 2.05) is 0 Å². The number of hydrogen-bond acceptors (Lipinski definition) is 6. The Kier molecular flexibility index (Phi) is 8.02. The first-order chi connectivity index (χ1) is 15.4. The van der Waals surface area contributed by atoms with Gasteiger partial charge in [-0.25, -0.2) is 4.79 Å². The predicted octanol–water partition coefficient (Wildman–Crippen LogP) is 3.52. The SMILES string of the molecule is CCOC(=O)c1nn(-c2cccc(Br)c2)c(=O)cc1OCC(=O)NCc1ccc(Cl)cc1. The molecule has 0 unspecified atom stereocenters. The molecule has 3 aromatic rings. The molecule has 0 atom stereocenters. The van der Waals surface area contributed by atoms with E-state index < -0.39 is 24.0 Å². The summed E-state index contributed by atoms with van der Waals surface area (Å²) in [5, 5.41) is 7.41.